The maximum Gasteiger partial charge on any atom is 0.416 e. The van der Waals surface area contributed by atoms with Crippen molar-refractivity contribution in [3.8, 4) is 0 Å². The Hall–Kier alpha value is -2.05. The van der Waals surface area contributed by atoms with E-state index in [2.05, 4.69) is 5.32 Å². The zero-order chi connectivity index (χ0) is 18.3. The summed E-state index contributed by atoms with van der Waals surface area (Å²) in [5.41, 5.74) is 0.449. The van der Waals surface area contributed by atoms with Crippen molar-refractivity contribution in [2.24, 2.45) is 0 Å². The molecular formula is C19H20ClF3NO2-. The van der Waals surface area contributed by atoms with Gasteiger partial charge in [-0.25, -0.2) is 4.79 Å². The average Bonchev–Trinajstić information content (AvgIpc) is 2.59. The highest BCUT2D eigenvalue weighted by atomic mass is 35.5. The molecule has 2 aromatic carbocycles. The van der Waals surface area contributed by atoms with Gasteiger partial charge in [-0.1, -0.05) is 36.4 Å². The Kier molecular flexibility index (Phi) is 8.61. The molecule has 0 radical (unpaired) electrons. The molecule has 1 N–H and O–H groups in total. The molecule has 1 unspecified atom stereocenters. The number of carbonyl (C=O) groups is 1. The van der Waals surface area contributed by atoms with E-state index < -0.39 is 17.7 Å². The van der Waals surface area contributed by atoms with Crippen molar-refractivity contribution >= 4 is 5.97 Å². The normalized spacial score (nSPS) is 12.2. The summed E-state index contributed by atoms with van der Waals surface area (Å²) in [6, 6.07) is 13.9. The summed E-state index contributed by atoms with van der Waals surface area (Å²) in [4.78, 5) is 11.8. The van der Waals surface area contributed by atoms with Crippen molar-refractivity contribution in [3.05, 3.63) is 71.3 Å². The van der Waals surface area contributed by atoms with E-state index in [4.69, 9.17) is 4.74 Å². The number of esters is 1. The third-order valence-corrected chi connectivity index (χ3v) is 3.63. The lowest BCUT2D eigenvalue weighted by Gasteiger charge is -2.15. The number of hydrogen-bond donors (Lipinski definition) is 1. The number of benzene rings is 2. The van der Waals surface area contributed by atoms with E-state index in [1.807, 2.05) is 13.0 Å². The minimum absolute atomic E-state index is 0. The molecular weight excluding hydrogens is 367 g/mol. The predicted molar refractivity (Wildman–Crippen MR) is 89.3 cm³/mol. The molecule has 0 spiro atoms. The van der Waals surface area contributed by atoms with Gasteiger partial charge in [-0.2, -0.15) is 13.2 Å². The average molecular weight is 387 g/mol. The summed E-state index contributed by atoms with van der Waals surface area (Å²) in [6.07, 6.45) is -3.88. The first-order chi connectivity index (χ1) is 11.9. The van der Waals surface area contributed by atoms with Crippen LogP contribution in [0.2, 0.25) is 0 Å². The Morgan fingerprint density at radius 1 is 1.12 bits per heavy atom. The molecule has 2 rings (SSSR count). The molecule has 0 saturated carbocycles. The molecule has 0 saturated heterocycles. The van der Waals surface area contributed by atoms with Crippen LogP contribution in [0.1, 0.15) is 28.4 Å². The van der Waals surface area contributed by atoms with Gasteiger partial charge in [-0.15, -0.1) is 0 Å². The monoisotopic (exact) mass is 386 g/mol. The minimum Gasteiger partial charge on any atom is -1.00 e. The largest absolute Gasteiger partial charge is 1.00 e. The summed E-state index contributed by atoms with van der Waals surface area (Å²) in [5.74, 6) is -0.395. The van der Waals surface area contributed by atoms with Gasteiger partial charge < -0.3 is 22.5 Å². The quantitative estimate of drug-likeness (QED) is 0.572. The number of nitrogens with one attached hydrogen (secondary N) is 1. The van der Waals surface area contributed by atoms with Crippen molar-refractivity contribution < 1.29 is 35.1 Å². The smallest absolute Gasteiger partial charge is 0.416 e. The van der Waals surface area contributed by atoms with E-state index in [0.717, 1.165) is 12.1 Å². The van der Waals surface area contributed by atoms with Crippen molar-refractivity contribution in [2.45, 2.75) is 25.6 Å². The van der Waals surface area contributed by atoms with E-state index in [-0.39, 0.29) is 25.1 Å². The van der Waals surface area contributed by atoms with Gasteiger partial charge in [0.15, 0.2) is 0 Å². The molecule has 0 fully saturated rings. The van der Waals surface area contributed by atoms with Crippen LogP contribution in [-0.4, -0.2) is 25.2 Å². The fourth-order valence-corrected chi connectivity index (χ4v) is 2.41. The van der Waals surface area contributed by atoms with Crippen molar-refractivity contribution in [1.29, 1.82) is 0 Å². The van der Waals surface area contributed by atoms with Gasteiger partial charge in [0.1, 0.15) is 6.61 Å². The lowest BCUT2D eigenvalue weighted by molar-refractivity contribution is -0.137. The summed E-state index contributed by atoms with van der Waals surface area (Å²) < 4.78 is 43.3. The van der Waals surface area contributed by atoms with Crippen LogP contribution in [0.5, 0.6) is 0 Å². The SMILES string of the molecule is CC(Cc1cccc(C(F)(F)F)c1)NCCOC(=O)c1ccccc1.[Cl-]. The molecule has 3 nitrogen and oxygen atoms in total. The number of hydrogen-bond acceptors (Lipinski definition) is 3. The Bertz CT molecular complexity index is 693. The van der Waals surface area contributed by atoms with E-state index in [9.17, 15) is 18.0 Å². The molecule has 0 amide bonds. The summed E-state index contributed by atoms with van der Waals surface area (Å²) in [5, 5.41) is 3.14. The molecule has 2 aromatic rings. The Morgan fingerprint density at radius 2 is 1.81 bits per heavy atom. The van der Waals surface area contributed by atoms with Gasteiger partial charge in [0.25, 0.3) is 0 Å². The molecule has 142 valence electrons. The molecule has 1 atom stereocenters. The zero-order valence-corrected chi connectivity index (χ0v) is 15.0. The standard InChI is InChI=1S/C19H20F3NO2.ClH/c1-14(12-15-6-5-9-17(13-15)19(20,21)22)23-10-11-25-18(24)16-7-3-2-4-8-16;/h2-9,13-14,23H,10-12H2,1H3;1H/p-1. The van der Waals surface area contributed by atoms with Gasteiger partial charge >= 0.3 is 12.1 Å². The summed E-state index contributed by atoms with van der Waals surface area (Å²) >= 11 is 0. The molecule has 7 heteroatoms. The van der Waals surface area contributed by atoms with Crippen LogP contribution < -0.4 is 17.7 Å². The highest BCUT2D eigenvalue weighted by molar-refractivity contribution is 5.89. The molecule has 0 aliphatic rings. The van der Waals surface area contributed by atoms with Crippen molar-refractivity contribution in [1.82, 2.24) is 5.32 Å². The van der Waals surface area contributed by atoms with E-state index in [1.54, 1.807) is 30.3 Å². The number of ether oxygens (including phenoxy) is 1. The van der Waals surface area contributed by atoms with Crippen LogP contribution in [0.4, 0.5) is 13.2 Å². The van der Waals surface area contributed by atoms with Gasteiger partial charge in [-0.05, 0) is 37.1 Å². The minimum atomic E-state index is -4.34. The third-order valence-electron chi connectivity index (χ3n) is 3.63. The molecule has 0 aromatic heterocycles. The zero-order valence-electron chi connectivity index (χ0n) is 14.2. The topological polar surface area (TPSA) is 38.3 Å². The maximum atomic E-state index is 12.7. The highest BCUT2D eigenvalue weighted by Gasteiger charge is 2.30. The lowest BCUT2D eigenvalue weighted by Crippen LogP contribution is -3.00. The van der Waals surface area contributed by atoms with Gasteiger partial charge in [0.2, 0.25) is 0 Å². The fourth-order valence-electron chi connectivity index (χ4n) is 2.41. The van der Waals surface area contributed by atoms with Crippen LogP contribution in [0.3, 0.4) is 0 Å². The number of carbonyl (C=O) groups excluding carboxylic acids is 1. The Balaban J connectivity index is 0.00000338. The Labute approximate surface area is 157 Å². The van der Waals surface area contributed by atoms with Crippen LogP contribution >= 0.6 is 0 Å². The lowest BCUT2D eigenvalue weighted by atomic mass is 10.0. The molecule has 26 heavy (non-hydrogen) atoms. The number of rotatable bonds is 7. The van der Waals surface area contributed by atoms with Crippen LogP contribution in [0, 0.1) is 0 Å². The third kappa shape index (κ3) is 7.06. The van der Waals surface area contributed by atoms with Gasteiger partial charge in [0.05, 0.1) is 11.1 Å². The van der Waals surface area contributed by atoms with Gasteiger partial charge in [0, 0.05) is 12.6 Å². The molecule has 0 heterocycles. The summed E-state index contributed by atoms with van der Waals surface area (Å²) in [7, 11) is 0. The molecule has 0 aliphatic heterocycles. The highest BCUT2D eigenvalue weighted by Crippen LogP contribution is 2.29. The van der Waals surface area contributed by atoms with E-state index >= 15 is 0 Å². The first-order valence-corrected chi connectivity index (χ1v) is 7.98. The second-order valence-electron chi connectivity index (χ2n) is 5.76. The molecule has 0 aliphatic carbocycles. The second-order valence-corrected chi connectivity index (χ2v) is 5.76. The first-order valence-electron chi connectivity index (χ1n) is 7.98. The van der Waals surface area contributed by atoms with Crippen LogP contribution in [0.25, 0.3) is 0 Å². The first kappa shape index (κ1) is 22.0. The second kappa shape index (κ2) is 10.2. The van der Waals surface area contributed by atoms with Crippen LogP contribution in [0.15, 0.2) is 54.6 Å². The maximum absolute atomic E-state index is 12.7. The number of alkyl halides is 3. The van der Waals surface area contributed by atoms with E-state index in [1.165, 1.54) is 6.07 Å². The Morgan fingerprint density at radius 3 is 2.46 bits per heavy atom. The predicted octanol–water partition coefficient (Wildman–Crippen LogP) is 1.09. The van der Waals surface area contributed by atoms with Gasteiger partial charge in [-0.3, -0.25) is 0 Å². The van der Waals surface area contributed by atoms with E-state index in [0.29, 0.717) is 24.1 Å². The van der Waals surface area contributed by atoms with Crippen molar-refractivity contribution in [2.75, 3.05) is 13.2 Å². The van der Waals surface area contributed by atoms with Crippen molar-refractivity contribution in [3.63, 3.8) is 0 Å². The fraction of sp³-hybridized carbons (Fsp3) is 0.316. The van der Waals surface area contributed by atoms with Crippen LogP contribution in [-0.2, 0) is 17.3 Å². The summed E-state index contributed by atoms with van der Waals surface area (Å²) in [6.45, 7) is 2.50. The molecule has 0 bridgehead atoms. The number of halogens is 4.